The summed E-state index contributed by atoms with van der Waals surface area (Å²) in [6.07, 6.45) is 11.1. The third-order valence-corrected chi connectivity index (χ3v) is 3.14. The van der Waals surface area contributed by atoms with E-state index in [0.717, 1.165) is 39.3 Å². The second-order valence-corrected chi connectivity index (χ2v) is 5.72. The Morgan fingerprint density at radius 3 is 1.65 bits per heavy atom. The lowest BCUT2D eigenvalue weighted by Gasteiger charge is -2.14. The molecule has 1 rings (SSSR count). The van der Waals surface area contributed by atoms with Crippen molar-refractivity contribution < 1.29 is 15.3 Å². The average molecular weight is 376 g/mol. The molecule has 0 saturated carbocycles. The Kier molecular flexibility index (Phi) is 39.2. The zero-order chi connectivity index (χ0) is 19.8. The Morgan fingerprint density at radius 2 is 1.46 bits per heavy atom. The molecule has 0 amide bonds. The van der Waals surface area contributed by atoms with Crippen molar-refractivity contribution in [3.63, 3.8) is 0 Å². The summed E-state index contributed by atoms with van der Waals surface area (Å²) in [5.41, 5.74) is 0. The van der Waals surface area contributed by atoms with Crippen LogP contribution in [0.4, 0.5) is 0 Å². The van der Waals surface area contributed by atoms with Gasteiger partial charge in [-0.05, 0) is 26.2 Å². The molecule has 1 aliphatic rings. The van der Waals surface area contributed by atoms with Crippen molar-refractivity contribution in [2.45, 2.75) is 73.1 Å². The van der Waals surface area contributed by atoms with Crippen LogP contribution in [0.25, 0.3) is 0 Å². The van der Waals surface area contributed by atoms with Crippen molar-refractivity contribution in [1.29, 1.82) is 5.26 Å². The Balaban J connectivity index is -0.000000131. The van der Waals surface area contributed by atoms with Gasteiger partial charge in [0.05, 0.1) is 12.7 Å². The van der Waals surface area contributed by atoms with E-state index in [1.807, 2.05) is 0 Å². The molecule has 0 aromatic heterocycles. The molecule has 0 aliphatic carbocycles. The summed E-state index contributed by atoms with van der Waals surface area (Å²) in [6.45, 7) is 14.4. The van der Waals surface area contributed by atoms with E-state index in [1.54, 1.807) is 6.07 Å². The van der Waals surface area contributed by atoms with E-state index in [4.69, 9.17) is 15.1 Å². The van der Waals surface area contributed by atoms with Crippen LogP contribution in [0, 0.1) is 11.3 Å². The van der Waals surface area contributed by atoms with Crippen LogP contribution in [0.1, 0.15) is 73.1 Å². The molecule has 0 fully saturated rings. The van der Waals surface area contributed by atoms with Gasteiger partial charge in [0.15, 0.2) is 0 Å². The van der Waals surface area contributed by atoms with E-state index in [2.05, 4.69) is 56.9 Å². The van der Waals surface area contributed by atoms with Crippen molar-refractivity contribution in [3.8, 4) is 6.07 Å². The number of unbranched alkanes of at least 4 members (excludes halogenated alkanes) is 3. The Labute approximate surface area is 162 Å². The lowest BCUT2D eigenvalue weighted by atomic mass is 10.3. The van der Waals surface area contributed by atoms with Crippen LogP contribution in [0.3, 0.4) is 0 Å². The third-order valence-electron chi connectivity index (χ3n) is 3.14. The lowest BCUT2D eigenvalue weighted by molar-refractivity contribution is 0.128. The molecule has 6 heteroatoms. The normalized spacial score (nSPS) is 11.0. The van der Waals surface area contributed by atoms with Crippen molar-refractivity contribution in [2.75, 3.05) is 40.1 Å². The fourth-order valence-electron chi connectivity index (χ4n) is 1.55. The average Bonchev–Trinajstić information content (AvgIpc) is 3.03. The van der Waals surface area contributed by atoms with Gasteiger partial charge in [0.2, 0.25) is 0 Å². The molecule has 0 bridgehead atoms. The second-order valence-electron chi connectivity index (χ2n) is 5.72. The van der Waals surface area contributed by atoms with E-state index < -0.39 is 0 Å². The molecule has 0 radical (unpaired) electrons. The van der Waals surface area contributed by atoms with Gasteiger partial charge in [-0.1, -0.05) is 40.0 Å². The van der Waals surface area contributed by atoms with Crippen molar-refractivity contribution >= 4 is 0 Å². The first kappa shape index (κ1) is 32.4. The predicted molar refractivity (Wildman–Crippen MR) is 112 cm³/mol. The lowest BCUT2D eigenvalue weighted by Crippen LogP contribution is -2.21. The summed E-state index contributed by atoms with van der Waals surface area (Å²) in [5.74, 6) is 0. The maximum absolute atomic E-state index is 8.07. The molecule has 1 heterocycles. The number of hydrogen-bond acceptors (Lipinski definition) is 5. The zero-order valence-corrected chi connectivity index (χ0v) is 18.1. The van der Waals surface area contributed by atoms with Crippen LogP contribution in [0.5, 0.6) is 0 Å². The Hall–Kier alpha value is -1.29. The molecule has 0 atom stereocenters. The van der Waals surface area contributed by atoms with Crippen LogP contribution >= 0.6 is 0 Å². The van der Waals surface area contributed by atoms with Crippen molar-refractivity contribution in [1.82, 2.24) is 9.80 Å². The van der Waals surface area contributed by atoms with Gasteiger partial charge in [-0.15, -0.1) is 0 Å². The van der Waals surface area contributed by atoms with Crippen molar-refractivity contribution in [3.05, 3.63) is 12.4 Å². The van der Waals surface area contributed by atoms with Crippen LogP contribution < -0.4 is 0 Å². The number of hydrogen-bond donors (Lipinski definition) is 1. The first-order valence-corrected chi connectivity index (χ1v) is 9.69. The number of ether oxygens (including phenoxy) is 1. The molecule has 0 aromatic carbocycles. The Morgan fingerprint density at radius 1 is 1.00 bits per heavy atom. The van der Waals surface area contributed by atoms with E-state index in [1.165, 1.54) is 32.6 Å². The van der Waals surface area contributed by atoms with Crippen molar-refractivity contribution in [2.24, 2.45) is 0 Å². The molecule has 1 aliphatic heterocycles. The molecule has 3 N–H and O–H groups in total. The number of nitriles is 1. The highest BCUT2D eigenvalue weighted by Gasteiger charge is 2.03. The highest BCUT2D eigenvalue weighted by molar-refractivity contribution is 4.87. The smallest absolute Gasteiger partial charge is 0.0890 e. The summed E-state index contributed by atoms with van der Waals surface area (Å²) < 4.78 is 5.31. The van der Waals surface area contributed by atoms with Crippen LogP contribution in [0.2, 0.25) is 0 Å². The molecule has 158 valence electrons. The van der Waals surface area contributed by atoms with Gasteiger partial charge in [-0.2, -0.15) is 5.26 Å². The summed E-state index contributed by atoms with van der Waals surface area (Å²) >= 11 is 0. The molecule has 6 nitrogen and oxygen atoms in total. The zero-order valence-electron chi connectivity index (χ0n) is 18.1. The van der Waals surface area contributed by atoms with E-state index in [-0.39, 0.29) is 5.48 Å². The number of aliphatic hydroxyl groups excluding tert-OH is 1. The van der Waals surface area contributed by atoms with Gasteiger partial charge in [0.25, 0.3) is 0 Å². The quantitative estimate of drug-likeness (QED) is 0.619. The van der Waals surface area contributed by atoms with Gasteiger partial charge < -0.3 is 25.1 Å². The summed E-state index contributed by atoms with van der Waals surface area (Å²) in [5, 5.41) is 15.4. The van der Waals surface area contributed by atoms with Gasteiger partial charge >= 0.3 is 0 Å². The standard InChI is InChI=1S/C8H18O.C6H12N2.C4H10O.C2H3N.H2O/c1-3-5-7-9-8-6-4-2;1-3-8-5-4-7(2)6-8;1-2-3-4-5;1-2-3;/h3-8H2,1-2H3;4-5H,3,6H2,1-2H3;5H,2-4H2,1H3;1H3;1H2. The summed E-state index contributed by atoms with van der Waals surface area (Å²) in [4.78, 5) is 4.41. The Bertz CT molecular complexity index is 287. The van der Waals surface area contributed by atoms with Gasteiger partial charge in [0, 0.05) is 52.7 Å². The van der Waals surface area contributed by atoms with E-state index >= 15 is 0 Å². The maximum atomic E-state index is 8.07. The summed E-state index contributed by atoms with van der Waals surface area (Å²) in [7, 11) is 2.08. The topological polar surface area (TPSA) is 91.2 Å². The fourth-order valence-corrected chi connectivity index (χ4v) is 1.55. The number of nitrogens with zero attached hydrogens (tertiary/aromatic N) is 3. The highest BCUT2D eigenvalue weighted by atomic mass is 16.5. The predicted octanol–water partition coefficient (Wildman–Crippen LogP) is 3.77. The third kappa shape index (κ3) is 34.1. The minimum atomic E-state index is 0. The summed E-state index contributed by atoms with van der Waals surface area (Å²) in [6, 6.07) is 1.75. The second kappa shape index (κ2) is 31.5. The van der Waals surface area contributed by atoms with Gasteiger partial charge in [-0.3, -0.25) is 0 Å². The molecular formula is C20H45N3O3. The minimum absolute atomic E-state index is 0. The largest absolute Gasteiger partial charge is 0.412 e. The highest BCUT2D eigenvalue weighted by Crippen LogP contribution is 2.00. The van der Waals surface area contributed by atoms with Gasteiger partial charge in [0.1, 0.15) is 0 Å². The number of aliphatic hydroxyl groups is 1. The minimum Gasteiger partial charge on any atom is -0.412 e. The first-order chi connectivity index (χ1) is 12.1. The first-order valence-electron chi connectivity index (χ1n) is 9.69. The molecule has 26 heavy (non-hydrogen) atoms. The molecule has 0 unspecified atom stereocenters. The molecule has 0 saturated heterocycles. The van der Waals surface area contributed by atoms with Crippen LogP contribution in [-0.4, -0.2) is 60.5 Å². The maximum Gasteiger partial charge on any atom is 0.0890 e. The van der Waals surface area contributed by atoms with Gasteiger partial charge in [-0.25, -0.2) is 0 Å². The molecule has 0 spiro atoms. The number of rotatable bonds is 9. The van der Waals surface area contributed by atoms with E-state index in [0.29, 0.717) is 6.61 Å². The molecular weight excluding hydrogens is 330 g/mol. The monoisotopic (exact) mass is 375 g/mol. The van der Waals surface area contributed by atoms with E-state index in [9.17, 15) is 0 Å². The van der Waals surface area contributed by atoms with Crippen LogP contribution in [0.15, 0.2) is 12.4 Å². The SMILES string of the molecule is CC#N.CCCCO.CCCCOCCCC.CCN1C=CN(C)C1.O. The fraction of sp³-hybridized carbons (Fsp3) is 0.850. The van der Waals surface area contributed by atoms with Crippen LogP contribution in [-0.2, 0) is 4.74 Å². The molecule has 0 aromatic rings.